The normalized spacial score (nSPS) is 12.2. The maximum atomic E-state index is 10.2. The van der Waals surface area contributed by atoms with Gasteiger partial charge in [-0.3, -0.25) is 0 Å². The topological polar surface area (TPSA) is 29.5 Å². The standard InChI is InChI=1S/C15H15ClO2S/c1-18-15-9-11(7-8-13(15)16)14(17)10-19-12-5-3-2-4-6-12/h2-9,14,17H,10H2,1H3. The highest BCUT2D eigenvalue weighted by atomic mass is 35.5. The van der Waals surface area contributed by atoms with Gasteiger partial charge < -0.3 is 9.84 Å². The van der Waals surface area contributed by atoms with Crippen molar-refractivity contribution in [2.45, 2.75) is 11.0 Å². The molecule has 4 heteroatoms. The molecule has 0 radical (unpaired) electrons. The summed E-state index contributed by atoms with van der Waals surface area (Å²) in [6.07, 6.45) is -0.545. The molecule has 2 rings (SSSR count). The predicted molar refractivity (Wildman–Crippen MR) is 80.1 cm³/mol. The van der Waals surface area contributed by atoms with Crippen molar-refractivity contribution < 1.29 is 9.84 Å². The van der Waals surface area contributed by atoms with Gasteiger partial charge in [0.2, 0.25) is 0 Å². The third kappa shape index (κ3) is 3.90. The molecule has 0 aromatic heterocycles. The first-order valence-corrected chi connectivity index (χ1v) is 7.26. The first-order valence-electron chi connectivity index (χ1n) is 5.90. The van der Waals surface area contributed by atoms with Crippen LogP contribution in [0.25, 0.3) is 0 Å². The molecule has 1 N–H and O–H groups in total. The van der Waals surface area contributed by atoms with Gasteiger partial charge in [-0.15, -0.1) is 11.8 Å². The van der Waals surface area contributed by atoms with Crippen LogP contribution in [0, 0.1) is 0 Å². The number of rotatable bonds is 5. The maximum absolute atomic E-state index is 10.2. The number of methoxy groups -OCH3 is 1. The molecule has 0 heterocycles. The van der Waals surface area contributed by atoms with Crippen molar-refractivity contribution in [3.63, 3.8) is 0 Å². The minimum Gasteiger partial charge on any atom is -0.495 e. The Kier molecular flexibility index (Phi) is 5.14. The summed E-state index contributed by atoms with van der Waals surface area (Å²) in [7, 11) is 1.57. The fraction of sp³-hybridized carbons (Fsp3) is 0.200. The van der Waals surface area contributed by atoms with E-state index < -0.39 is 6.10 Å². The van der Waals surface area contributed by atoms with E-state index in [0.717, 1.165) is 10.5 Å². The molecule has 100 valence electrons. The summed E-state index contributed by atoms with van der Waals surface area (Å²) in [5.74, 6) is 1.18. The second kappa shape index (κ2) is 6.85. The van der Waals surface area contributed by atoms with Crippen molar-refractivity contribution in [3.8, 4) is 5.75 Å². The molecule has 2 nitrogen and oxygen atoms in total. The van der Waals surface area contributed by atoms with E-state index in [4.69, 9.17) is 16.3 Å². The van der Waals surface area contributed by atoms with Crippen molar-refractivity contribution in [1.82, 2.24) is 0 Å². The number of aliphatic hydroxyl groups excluding tert-OH is 1. The van der Waals surface area contributed by atoms with Gasteiger partial charge in [-0.1, -0.05) is 35.9 Å². The second-order valence-electron chi connectivity index (χ2n) is 4.03. The van der Waals surface area contributed by atoms with Gasteiger partial charge in [-0.05, 0) is 29.8 Å². The smallest absolute Gasteiger partial charge is 0.137 e. The van der Waals surface area contributed by atoms with E-state index in [1.54, 1.807) is 31.0 Å². The zero-order valence-electron chi connectivity index (χ0n) is 10.5. The summed E-state index contributed by atoms with van der Waals surface area (Å²) in [6.45, 7) is 0. The second-order valence-corrected chi connectivity index (χ2v) is 5.53. The molecule has 0 saturated carbocycles. The molecule has 0 bridgehead atoms. The molecule has 0 aliphatic heterocycles. The number of hydrogen-bond acceptors (Lipinski definition) is 3. The lowest BCUT2D eigenvalue weighted by atomic mass is 10.1. The maximum Gasteiger partial charge on any atom is 0.137 e. The van der Waals surface area contributed by atoms with E-state index in [-0.39, 0.29) is 0 Å². The monoisotopic (exact) mass is 294 g/mol. The van der Waals surface area contributed by atoms with Gasteiger partial charge in [-0.25, -0.2) is 0 Å². The first-order chi connectivity index (χ1) is 9.20. The highest BCUT2D eigenvalue weighted by Gasteiger charge is 2.11. The van der Waals surface area contributed by atoms with Crippen molar-refractivity contribution in [2.75, 3.05) is 12.9 Å². The number of benzene rings is 2. The number of thioether (sulfide) groups is 1. The van der Waals surface area contributed by atoms with Crippen LogP contribution in [0.1, 0.15) is 11.7 Å². The third-order valence-corrected chi connectivity index (χ3v) is 4.11. The van der Waals surface area contributed by atoms with Gasteiger partial charge in [0.05, 0.1) is 18.2 Å². The Bertz CT molecular complexity index is 531. The van der Waals surface area contributed by atoms with Gasteiger partial charge in [0.15, 0.2) is 0 Å². The molecule has 0 saturated heterocycles. The molecule has 0 spiro atoms. The molecular weight excluding hydrogens is 280 g/mol. The molecule has 1 unspecified atom stereocenters. The largest absolute Gasteiger partial charge is 0.495 e. The quantitative estimate of drug-likeness (QED) is 0.839. The van der Waals surface area contributed by atoms with Crippen LogP contribution in [-0.2, 0) is 0 Å². The van der Waals surface area contributed by atoms with Crippen LogP contribution in [0.15, 0.2) is 53.4 Å². The minimum absolute atomic E-state index is 0.545. The van der Waals surface area contributed by atoms with Crippen LogP contribution in [0.2, 0.25) is 5.02 Å². The van der Waals surface area contributed by atoms with E-state index in [0.29, 0.717) is 16.5 Å². The lowest BCUT2D eigenvalue weighted by molar-refractivity contribution is 0.203. The number of aliphatic hydroxyl groups is 1. The zero-order chi connectivity index (χ0) is 13.7. The first kappa shape index (κ1) is 14.3. The summed E-state index contributed by atoms with van der Waals surface area (Å²) in [4.78, 5) is 1.14. The van der Waals surface area contributed by atoms with Crippen molar-refractivity contribution in [3.05, 3.63) is 59.1 Å². The Morgan fingerprint density at radius 1 is 1.21 bits per heavy atom. The van der Waals surface area contributed by atoms with E-state index in [9.17, 15) is 5.11 Å². The van der Waals surface area contributed by atoms with Crippen LogP contribution in [0.4, 0.5) is 0 Å². The van der Waals surface area contributed by atoms with E-state index >= 15 is 0 Å². The summed E-state index contributed by atoms with van der Waals surface area (Å²) in [5, 5.41) is 10.7. The third-order valence-electron chi connectivity index (χ3n) is 2.71. The molecule has 1 atom stereocenters. The van der Waals surface area contributed by atoms with Gasteiger partial charge >= 0.3 is 0 Å². The van der Waals surface area contributed by atoms with Crippen LogP contribution in [0.5, 0.6) is 5.75 Å². The van der Waals surface area contributed by atoms with Crippen LogP contribution >= 0.6 is 23.4 Å². The average Bonchev–Trinajstić information content (AvgIpc) is 2.46. The fourth-order valence-electron chi connectivity index (χ4n) is 1.67. The summed E-state index contributed by atoms with van der Waals surface area (Å²) < 4.78 is 5.15. The van der Waals surface area contributed by atoms with Crippen molar-refractivity contribution in [2.24, 2.45) is 0 Å². The highest BCUT2D eigenvalue weighted by molar-refractivity contribution is 7.99. The lowest BCUT2D eigenvalue weighted by Gasteiger charge is -2.12. The van der Waals surface area contributed by atoms with Gasteiger partial charge in [0.25, 0.3) is 0 Å². The van der Waals surface area contributed by atoms with Gasteiger partial charge in [0, 0.05) is 10.6 Å². The molecule has 2 aromatic rings. The predicted octanol–water partition coefficient (Wildman–Crippen LogP) is 4.17. The summed E-state index contributed by atoms with van der Waals surface area (Å²) in [5.41, 5.74) is 0.810. The van der Waals surface area contributed by atoms with E-state index in [1.165, 1.54) is 0 Å². The summed E-state index contributed by atoms with van der Waals surface area (Å²) in [6, 6.07) is 15.3. The van der Waals surface area contributed by atoms with E-state index in [2.05, 4.69) is 0 Å². The zero-order valence-corrected chi connectivity index (χ0v) is 12.1. The minimum atomic E-state index is -0.545. The Labute approximate surface area is 122 Å². The van der Waals surface area contributed by atoms with Crippen molar-refractivity contribution in [1.29, 1.82) is 0 Å². The van der Waals surface area contributed by atoms with Gasteiger partial charge in [0.1, 0.15) is 5.75 Å². The summed E-state index contributed by atoms with van der Waals surface area (Å²) >= 11 is 7.58. The van der Waals surface area contributed by atoms with Gasteiger partial charge in [-0.2, -0.15) is 0 Å². The molecule has 0 aliphatic rings. The molecular formula is C15H15ClO2S. The molecule has 19 heavy (non-hydrogen) atoms. The van der Waals surface area contributed by atoms with Crippen LogP contribution < -0.4 is 4.74 Å². The fourth-order valence-corrected chi connectivity index (χ4v) is 2.76. The highest BCUT2D eigenvalue weighted by Crippen LogP contribution is 2.30. The molecule has 0 fully saturated rings. The van der Waals surface area contributed by atoms with E-state index in [1.807, 2.05) is 36.4 Å². The Balaban J connectivity index is 2.02. The average molecular weight is 295 g/mol. The molecule has 2 aromatic carbocycles. The lowest BCUT2D eigenvalue weighted by Crippen LogP contribution is -2.01. The number of ether oxygens (including phenoxy) is 1. The Morgan fingerprint density at radius 2 is 1.95 bits per heavy atom. The Morgan fingerprint density at radius 3 is 2.63 bits per heavy atom. The SMILES string of the molecule is COc1cc(C(O)CSc2ccccc2)ccc1Cl. The molecule has 0 aliphatic carbocycles. The van der Waals surface area contributed by atoms with Crippen LogP contribution in [0.3, 0.4) is 0 Å². The number of halogens is 1. The number of hydrogen-bond donors (Lipinski definition) is 1. The van der Waals surface area contributed by atoms with Crippen molar-refractivity contribution >= 4 is 23.4 Å². The van der Waals surface area contributed by atoms with Crippen LogP contribution in [-0.4, -0.2) is 18.0 Å². The Hall–Kier alpha value is -1.16. The molecule has 0 amide bonds.